The van der Waals surface area contributed by atoms with Crippen LogP contribution in [0, 0.1) is 0 Å². The summed E-state index contributed by atoms with van der Waals surface area (Å²) in [6.07, 6.45) is 5.69. The van der Waals surface area contributed by atoms with Crippen molar-refractivity contribution >= 4 is 0 Å². The highest BCUT2D eigenvalue weighted by atomic mass is 16.0. The molecule has 0 bridgehead atoms. The Morgan fingerprint density at radius 1 is 1.18 bits per heavy atom. The number of hydrogen-bond donors (Lipinski definition) is 0. The fraction of sp³-hybridized carbons (Fsp3) is 1.00. The molecule has 0 aromatic heterocycles. The van der Waals surface area contributed by atoms with Crippen LogP contribution in [0.3, 0.4) is 0 Å². The highest BCUT2D eigenvalue weighted by molar-refractivity contribution is 4.51. The molecule has 2 nitrogen and oxygen atoms in total. The quantitative estimate of drug-likeness (QED) is 0.578. The predicted molar refractivity (Wildman–Crippen MR) is 46.9 cm³/mol. The molecular formula is C9H21NO. The second kappa shape index (κ2) is 4.73. The summed E-state index contributed by atoms with van der Waals surface area (Å²) in [6, 6.07) is 0. The molecule has 68 valence electrons. The SMILES string of the molecule is CCCC[N+]1(C)CCCC1.[OH-]. The second-order valence-electron chi connectivity index (χ2n) is 3.85. The molecule has 0 saturated carbocycles. The van der Waals surface area contributed by atoms with Gasteiger partial charge in [-0.1, -0.05) is 13.3 Å². The van der Waals surface area contributed by atoms with Gasteiger partial charge in [-0.25, -0.2) is 0 Å². The lowest BCUT2D eigenvalue weighted by atomic mass is 10.3. The summed E-state index contributed by atoms with van der Waals surface area (Å²) in [4.78, 5) is 0. The number of hydrogen-bond acceptors (Lipinski definition) is 1. The van der Waals surface area contributed by atoms with Crippen LogP contribution in [0.1, 0.15) is 32.6 Å². The van der Waals surface area contributed by atoms with Crippen LogP contribution in [0.15, 0.2) is 0 Å². The predicted octanol–water partition coefficient (Wildman–Crippen LogP) is 1.85. The largest absolute Gasteiger partial charge is 0.870 e. The van der Waals surface area contributed by atoms with E-state index in [0.717, 1.165) is 0 Å². The lowest BCUT2D eigenvalue weighted by Crippen LogP contribution is -2.41. The molecule has 0 atom stereocenters. The highest BCUT2D eigenvalue weighted by Crippen LogP contribution is 2.16. The van der Waals surface area contributed by atoms with Crippen molar-refractivity contribution in [3.8, 4) is 0 Å². The van der Waals surface area contributed by atoms with Crippen LogP contribution >= 0.6 is 0 Å². The molecular weight excluding hydrogens is 138 g/mol. The van der Waals surface area contributed by atoms with E-state index >= 15 is 0 Å². The van der Waals surface area contributed by atoms with Crippen molar-refractivity contribution in [2.45, 2.75) is 32.6 Å². The normalized spacial score (nSPS) is 21.3. The molecule has 1 saturated heterocycles. The molecule has 1 N–H and O–H groups in total. The van der Waals surface area contributed by atoms with Gasteiger partial charge in [-0.3, -0.25) is 0 Å². The van der Waals surface area contributed by atoms with Crippen molar-refractivity contribution in [3.63, 3.8) is 0 Å². The van der Waals surface area contributed by atoms with Crippen LogP contribution < -0.4 is 0 Å². The maximum Gasteiger partial charge on any atom is 0.0786 e. The molecule has 0 unspecified atom stereocenters. The number of nitrogens with zero attached hydrogens (tertiary/aromatic N) is 1. The van der Waals surface area contributed by atoms with Crippen LogP contribution in [0.5, 0.6) is 0 Å². The molecule has 0 aliphatic carbocycles. The van der Waals surface area contributed by atoms with Gasteiger partial charge >= 0.3 is 0 Å². The van der Waals surface area contributed by atoms with E-state index in [1.165, 1.54) is 49.8 Å². The standard InChI is InChI=1S/C9H20N.H2O/c1-3-4-7-10(2)8-5-6-9-10;/h3-9H2,1-2H3;1H2/q+1;/p-1. The molecule has 0 aromatic rings. The third-order valence-electron chi connectivity index (χ3n) is 2.70. The summed E-state index contributed by atoms with van der Waals surface area (Å²) < 4.78 is 1.36. The molecule has 11 heavy (non-hydrogen) atoms. The fourth-order valence-corrected chi connectivity index (χ4v) is 1.86. The zero-order valence-electron chi connectivity index (χ0n) is 7.84. The van der Waals surface area contributed by atoms with Gasteiger partial charge in [-0.15, -0.1) is 0 Å². The van der Waals surface area contributed by atoms with Crippen molar-refractivity contribution in [3.05, 3.63) is 0 Å². The number of likely N-dealkylation sites (tertiary alicyclic amines) is 1. The van der Waals surface area contributed by atoms with Gasteiger partial charge < -0.3 is 9.96 Å². The minimum atomic E-state index is 0. The number of unbranched alkanes of at least 4 members (excludes halogenated alkanes) is 1. The molecule has 0 spiro atoms. The maximum atomic E-state index is 2.41. The minimum absolute atomic E-state index is 0. The van der Waals surface area contributed by atoms with Gasteiger partial charge in [0.2, 0.25) is 0 Å². The van der Waals surface area contributed by atoms with Crippen LogP contribution in [0.2, 0.25) is 0 Å². The Morgan fingerprint density at radius 3 is 2.18 bits per heavy atom. The summed E-state index contributed by atoms with van der Waals surface area (Å²) in [5.74, 6) is 0. The summed E-state index contributed by atoms with van der Waals surface area (Å²) in [7, 11) is 2.41. The lowest BCUT2D eigenvalue weighted by molar-refractivity contribution is -0.897. The molecule has 1 heterocycles. The van der Waals surface area contributed by atoms with Gasteiger partial charge in [0.1, 0.15) is 0 Å². The van der Waals surface area contributed by atoms with E-state index < -0.39 is 0 Å². The minimum Gasteiger partial charge on any atom is -0.870 e. The number of rotatable bonds is 3. The van der Waals surface area contributed by atoms with Crippen molar-refractivity contribution in [2.24, 2.45) is 0 Å². The third kappa shape index (κ3) is 3.21. The van der Waals surface area contributed by atoms with Crippen LogP contribution in [0.4, 0.5) is 0 Å². The average molecular weight is 159 g/mol. The Kier molecular flexibility index (Phi) is 4.69. The molecule has 2 heteroatoms. The van der Waals surface area contributed by atoms with Crippen molar-refractivity contribution in [2.75, 3.05) is 26.7 Å². The Hall–Kier alpha value is -0.0800. The van der Waals surface area contributed by atoms with Gasteiger partial charge in [-0.05, 0) is 6.42 Å². The Balaban J connectivity index is 0.000001000. The average Bonchev–Trinajstić information content (AvgIpc) is 2.33. The van der Waals surface area contributed by atoms with E-state index in [1.807, 2.05) is 0 Å². The van der Waals surface area contributed by atoms with E-state index in [-0.39, 0.29) is 5.48 Å². The first kappa shape index (κ1) is 10.9. The Bertz CT molecular complexity index is 97.7. The van der Waals surface area contributed by atoms with Crippen molar-refractivity contribution in [1.82, 2.24) is 0 Å². The first-order valence-corrected chi connectivity index (χ1v) is 4.60. The highest BCUT2D eigenvalue weighted by Gasteiger charge is 2.25. The second-order valence-corrected chi connectivity index (χ2v) is 3.85. The Morgan fingerprint density at radius 2 is 1.73 bits per heavy atom. The smallest absolute Gasteiger partial charge is 0.0786 e. The van der Waals surface area contributed by atoms with E-state index in [4.69, 9.17) is 0 Å². The van der Waals surface area contributed by atoms with Gasteiger partial charge in [0.25, 0.3) is 0 Å². The summed E-state index contributed by atoms with van der Waals surface area (Å²) >= 11 is 0. The molecule has 0 radical (unpaired) electrons. The zero-order valence-corrected chi connectivity index (χ0v) is 7.84. The van der Waals surface area contributed by atoms with Crippen molar-refractivity contribution in [1.29, 1.82) is 0 Å². The third-order valence-corrected chi connectivity index (χ3v) is 2.70. The zero-order chi connectivity index (χ0) is 7.45. The van der Waals surface area contributed by atoms with E-state index in [9.17, 15) is 0 Å². The monoisotopic (exact) mass is 159 g/mol. The molecule has 1 aliphatic heterocycles. The number of quaternary nitrogens is 1. The Labute approximate surface area is 70.1 Å². The van der Waals surface area contributed by atoms with E-state index in [2.05, 4.69) is 14.0 Å². The van der Waals surface area contributed by atoms with Crippen LogP contribution in [-0.2, 0) is 0 Å². The van der Waals surface area contributed by atoms with E-state index in [1.54, 1.807) is 0 Å². The van der Waals surface area contributed by atoms with Crippen LogP contribution in [0.25, 0.3) is 0 Å². The van der Waals surface area contributed by atoms with Gasteiger partial charge in [0.15, 0.2) is 0 Å². The molecule has 1 rings (SSSR count). The molecule has 0 aromatic carbocycles. The first-order valence-electron chi connectivity index (χ1n) is 4.60. The van der Waals surface area contributed by atoms with Gasteiger partial charge in [0.05, 0.1) is 26.7 Å². The molecule has 1 fully saturated rings. The summed E-state index contributed by atoms with van der Waals surface area (Å²) in [5.41, 5.74) is 0. The van der Waals surface area contributed by atoms with E-state index in [0.29, 0.717) is 0 Å². The van der Waals surface area contributed by atoms with Gasteiger partial charge in [0, 0.05) is 12.8 Å². The summed E-state index contributed by atoms with van der Waals surface area (Å²) in [5, 5.41) is 0. The van der Waals surface area contributed by atoms with Crippen molar-refractivity contribution < 1.29 is 9.96 Å². The van der Waals surface area contributed by atoms with Crippen LogP contribution in [-0.4, -0.2) is 36.6 Å². The lowest BCUT2D eigenvalue weighted by Gasteiger charge is -2.28. The topological polar surface area (TPSA) is 30.0 Å². The first-order chi connectivity index (χ1) is 4.77. The molecule has 1 aliphatic rings. The fourth-order valence-electron chi connectivity index (χ4n) is 1.86. The van der Waals surface area contributed by atoms with Gasteiger partial charge in [-0.2, -0.15) is 0 Å². The summed E-state index contributed by atoms with van der Waals surface area (Å²) in [6.45, 7) is 6.55. The maximum absolute atomic E-state index is 2.41. The molecule has 0 amide bonds.